The lowest BCUT2D eigenvalue weighted by Gasteiger charge is -2.21. The van der Waals surface area contributed by atoms with Crippen LogP contribution in [-0.4, -0.2) is 101 Å². The van der Waals surface area contributed by atoms with Gasteiger partial charge in [0.25, 0.3) is 23.6 Å². The van der Waals surface area contributed by atoms with Crippen LogP contribution in [-0.2, 0) is 0 Å². The highest BCUT2D eigenvalue weighted by molar-refractivity contribution is 7.13. The van der Waals surface area contributed by atoms with Crippen LogP contribution in [0.2, 0.25) is 0 Å². The van der Waals surface area contributed by atoms with Crippen LogP contribution in [0, 0.1) is 119 Å². The normalized spacial score (nSPS) is 12.6. The van der Waals surface area contributed by atoms with Gasteiger partial charge in [0.15, 0.2) is 23.1 Å². The number of carbonyl (C=O) groups excluding carboxylic acids is 4. The molecule has 0 radical (unpaired) electrons. The van der Waals surface area contributed by atoms with Crippen LogP contribution >= 0.6 is 22.7 Å². The van der Waals surface area contributed by atoms with Crippen molar-refractivity contribution < 1.29 is 64.7 Å². The number of rotatable bonds is 29. The summed E-state index contributed by atoms with van der Waals surface area (Å²) < 4.78 is 83.7. The second kappa shape index (κ2) is 41.2. The molecular weight excluding hydrogens is 1410 g/mol. The molecule has 582 valence electrons. The molecule has 4 amide bonds. The van der Waals surface area contributed by atoms with Gasteiger partial charge in [0, 0.05) is 66.0 Å². The molecule has 12 rings (SSSR count). The number of hydrogen-bond donors (Lipinski definition) is 0. The number of amides is 4. The van der Waals surface area contributed by atoms with Crippen molar-refractivity contribution in [3.8, 4) is 11.5 Å². The Balaban J connectivity index is 0.000000184. The summed E-state index contributed by atoms with van der Waals surface area (Å²) in [5, 5.41) is 29.8. The minimum atomic E-state index is -0.888. The maximum absolute atomic E-state index is 13.5. The van der Waals surface area contributed by atoms with Gasteiger partial charge >= 0.3 is 0 Å². The number of benzene rings is 4. The summed E-state index contributed by atoms with van der Waals surface area (Å²) in [5.41, 5.74) is 12.3. The van der Waals surface area contributed by atoms with Crippen LogP contribution in [0.4, 0.5) is 17.6 Å². The summed E-state index contributed by atoms with van der Waals surface area (Å²) in [6, 6.07) is 1.43. The van der Waals surface area contributed by atoms with E-state index in [1.807, 2.05) is 48.5 Å². The van der Waals surface area contributed by atoms with Gasteiger partial charge in [-0.2, -0.15) is 0 Å². The maximum Gasteiger partial charge on any atom is 0.262 e. The van der Waals surface area contributed by atoms with E-state index >= 15 is 0 Å². The van der Waals surface area contributed by atoms with Crippen molar-refractivity contribution in [2.75, 3.05) is 26.3 Å². The Labute approximate surface area is 633 Å². The van der Waals surface area contributed by atoms with E-state index in [1.165, 1.54) is 120 Å². The fourth-order valence-corrected chi connectivity index (χ4v) is 15.3. The number of carbonyl (C=O) groups is 4. The molecule has 0 spiro atoms. The lowest BCUT2D eigenvalue weighted by Crippen LogP contribution is -2.34. The number of nitrogens with zero attached hydrogens (tertiary/aromatic N) is 10. The number of ether oxygens (including phenoxy) is 2. The molecule has 0 fully saturated rings. The summed E-state index contributed by atoms with van der Waals surface area (Å²) in [4.78, 5) is 56.4. The highest BCUT2D eigenvalue weighted by Gasteiger charge is 2.41. The van der Waals surface area contributed by atoms with Gasteiger partial charge in [-0.25, -0.2) is 36.1 Å². The molecule has 2 aliphatic rings. The van der Waals surface area contributed by atoms with Gasteiger partial charge in [0.05, 0.1) is 35.5 Å². The second-order valence-corrected chi connectivity index (χ2v) is 30.8. The first kappa shape index (κ1) is 85.7. The van der Waals surface area contributed by atoms with Gasteiger partial charge in [0.2, 0.25) is 0 Å². The fourth-order valence-electron chi connectivity index (χ4n) is 13.2. The first-order valence-electron chi connectivity index (χ1n) is 38.0. The second-order valence-electron chi connectivity index (χ2n) is 27.9. The van der Waals surface area contributed by atoms with E-state index in [1.54, 1.807) is 50.4 Å². The molecule has 4 aromatic carbocycles. The summed E-state index contributed by atoms with van der Waals surface area (Å²) >= 11 is 3.10. The predicted octanol–water partition coefficient (Wildman–Crippen LogP) is 22.2. The third-order valence-electron chi connectivity index (χ3n) is 20.0. The van der Waals surface area contributed by atoms with Gasteiger partial charge in [-0.1, -0.05) is 150 Å². The number of halogens is 4. The van der Waals surface area contributed by atoms with Gasteiger partial charge < -0.3 is 9.47 Å². The van der Waals surface area contributed by atoms with Crippen LogP contribution in [0.1, 0.15) is 287 Å². The van der Waals surface area contributed by atoms with Crippen LogP contribution in [0.15, 0.2) is 24.6 Å². The van der Waals surface area contributed by atoms with E-state index in [0.29, 0.717) is 93.2 Å². The van der Waals surface area contributed by atoms with Crippen molar-refractivity contribution in [2.24, 2.45) is 5.92 Å². The van der Waals surface area contributed by atoms with Crippen LogP contribution < -0.4 is 9.47 Å². The molecule has 6 aromatic heterocycles. The van der Waals surface area contributed by atoms with Crippen LogP contribution in [0.5, 0.6) is 11.5 Å². The Morgan fingerprint density at radius 2 is 0.682 bits per heavy atom. The molecule has 26 heteroatoms. The average molecular weight is 1520 g/mol. The first-order chi connectivity index (χ1) is 51.2. The monoisotopic (exact) mass is 1520 g/mol. The van der Waals surface area contributed by atoms with Crippen LogP contribution in [0.25, 0.3) is 44.1 Å². The van der Waals surface area contributed by atoms with Crippen molar-refractivity contribution in [2.45, 2.75) is 266 Å². The minimum absolute atomic E-state index is 0.0817. The van der Waals surface area contributed by atoms with Gasteiger partial charge in [-0.15, -0.1) is 22.7 Å². The number of thiophene rings is 2. The summed E-state index contributed by atoms with van der Waals surface area (Å²) in [7, 11) is 0. The molecule has 1 unspecified atom stereocenters. The Morgan fingerprint density at radius 3 is 1.07 bits per heavy atom. The molecule has 2 aliphatic heterocycles. The van der Waals surface area contributed by atoms with Crippen molar-refractivity contribution in [3.05, 3.63) is 121 Å². The zero-order valence-corrected chi connectivity index (χ0v) is 67.6. The number of unbranched alkanes of at least 4 members (excludes halogenated alkanes) is 16. The molecule has 0 saturated carbocycles. The number of aryl methyl sites for hydroxylation is 12. The highest BCUT2D eigenvalue weighted by Crippen LogP contribution is 2.41. The molecule has 0 saturated heterocycles. The molecule has 107 heavy (non-hydrogen) atoms. The molecule has 0 N–H and O–H groups in total. The largest absolute Gasteiger partial charge is 0.489 e. The minimum Gasteiger partial charge on any atom is -0.489 e. The van der Waals surface area contributed by atoms with Crippen molar-refractivity contribution in [1.29, 1.82) is 0 Å². The van der Waals surface area contributed by atoms with Crippen molar-refractivity contribution in [1.82, 2.24) is 51.1 Å². The zero-order chi connectivity index (χ0) is 78.3. The lowest BCUT2D eigenvalue weighted by molar-refractivity contribution is 0.0617. The molecular formula is C81H108F4N10O10S2. The van der Waals surface area contributed by atoms with Gasteiger partial charge in [-0.3, -0.25) is 29.0 Å². The van der Waals surface area contributed by atoms with Crippen molar-refractivity contribution in [3.63, 3.8) is 0 Å². The quantitative estimate of drug-likeness (QED) is 0.0240. The standard InChI is InChI=1S/C24H40N2O3.2C16H23NO2S.C9H9FN2O.C8H6F2N2O.C8H7FN2O/c1-5-7-9-11-13-15-17-27-23-19(3)21-22(26-29-25-21)20(4)24(23)28-18-16-14-12-10-8-6-2;1-5-7-8-12(6-2)9-17-15(18)13-10(3)20-11(4)14(13)16(17)19;1-4-5-6-7-8-9-10-17-15(18)13-11(2)20-12(3)14(13)16(17)19;1-4-5(2)8-9(12-13-11-8)6(3)7(4)10;1-3-5(9)6(10)4(2)8-7(3)11-13-12-8;1-4-3-6(9)5(2)8-7(4)10-12-11-8/h5-18H2,1-4H3;12H,5-9H2,1-4H3;4-10H2,1-3H3;1-3H3;1-2H3;3H,1-2H3. The average Bonchev–Trinajstić information content (AvgIpc) is 1.63. The maximum atomic E-state index is 13.5. The first-order valence-corrected chi connectivity index (χ1v) is 39.6. The predicted molar refractivity (Wildman–Crippen MR) is 412 cm³/mol. The van der Waals surface area contributed by atoms with E-state index in [4.69, 9.17) is 14.1 Å². The van der Waals surface area contributed by atoms with E-state index < -0.39 is 11.6 Å². The van der Waals surface area contributed by atoms with E-state index in [2.05, 4.69) is 89.8 Å². The third kappa shape index (κ3) is 20.6. The van der Waals surface area contributed by atoms with Crippen LogP contribution in [0.3, 0.4) is 0 Å². The number of fused-ring (bicyclic) bond motifs is 6. The summed E-state index contributed by atoms with van der Waals surface area (Å²) in [5.74, 6) is -0.547. The Kier molecular flexibility index (Phi) is 33.0. The Hall–Kier alpha value is -8.52. The SMILES string of the molecule is CCCCC(CC)CN1C(=O)c2c(C)sc(C)c2C1=O.CCCCCCCCN1C(=O)c2c(C)sc(C)c2C1=O.CCCCCCCCOc1c(OCCCCCCCC)c(C)c2nonc2c1C.Cc1c(F)c(C)c2nonc2c1C.Cc1c(F)c(F)c(C)c2nonc12.Cc1cc(F)c(C)c2nonc12. The molecule has 0 bridgehead atoms. The smallest absolute Gasteiger partial charge is 0.262 e. The Morgan fingerprint density at radius 1 is 0.364 bits per heavy atom. The van der Waals surface area contributed by atoms with Crippen molar-refractivity contribution >= 4 is 90.4 Å². The lowest BCUT2D eigenvalue weighted by atomic mass is 9.99. The fraction of sp³-hybridized carbons (Fsp3) is 0.556. The number of aromatic nitrogens is 8. The number of hydrogen-bond acceptors (Lipinski definition) is 20. The van der Waals surface area contributed by atoms with Gasteiger partial charge in [0.1, 0.15) is 55.8 Å². The zero-order valence-electron chi connectivity index (χ0n) is 65.9. The van der Waals surface area contributed by atoms with E-state index in [9.17, 15) is 36.7 Å². The molecule has 10 aromatic rings. The summed E-state index contributed by atoms with van der Waals surface area (Å²) in [6.07, 6.45) is 26.4. The molecule has 1 atom stereocenters. The van der Waals surface area contributed by atoms with E-state index in [0.717, 1.165) is 116 Å². The molecule has 8 heterocycles. The summed E-state index contributed by atoms with van der Waals surface area (Å²) in [6.45, 7) is 36.8. The highest BCUT2D eigenvalue weighted by atomic mass is 32.1. The molecule has 0 aliphatic carbocycles. The molecule has 20 nitrogen and oxygen atoms in total. The Bertz CT molecular complexity index is 4340. The van der Waals surface area contributed by atoms with E-state index in [-0.39, 0.29) is 57.4 Å². The number of imide groups is 2. The topological polar surface area (TPSA) is 249 Å². The van der Waals surface area contributed by atoms with Gasteiger partial charge in [-0.05, 0) is 186 Å². The third-order valence-corrected chi connectivity index (χ3v) is 22.1.